The minimum absolute atomic E-state index is 0.389. The summed E-state index contributed by atoms with van der Waals surface area (Å²) in [5.74, 6) is 0. The van der Waals surface area contributed by atoms with Crippen LogP contribution < -0.4 is 0 Å². The average molecular weight is 107 g/mol. The number of nitrogens with zero attached hydrogens (tertiary/aromatic N) is 1. The van der Waals surface area contributed by atoms with Gasteiger partial charge in [0.1, 0.15) is 0 Å². The molecule has 0 rings (SSSR count). The Hall–Kier alpha value is 0.150. The van der Waals surface area contributed by atoms with E-state index in [0.717, 1.165) is 5.25 Å². The summed E-state index contributed by atoms with van der Waals surface area (Å²) < 4.78 is 4.02. The summed E-state index contributed by atoms with van der Waals surface area (Å²) in [6, 6.07) is 0. The first-order chi connectivity index (χ1) is 2.77. The summed E-state index contributed by atoms with van der Waals surface area (Å²) in [6.07, 6.45) is 0. The van der Waals surface area contributed by atoms with E-state index in [1.807, 2.05) is 7.05 Å². The van der Waals surface area contributed by atoms with Crippen LogP contribution in [0, 0.1) is 0 Å². The monoisotopic (exact) mass is 107 g/mol. The molecule has 0 spiro atoms. The van der Waals surface area contributed by atoms with E-state index in [9.17, 15) is 0 Å². The number of hydrogen-bond acceptors (Lipinski definition) is 1. The molecule has 0 aliphatic carbocycles. The van der Waals surface area contributed by atoms with Crippen LogP contribution in [-0.2, 0) is 11.6 Å². The maximum Gasteiger partial charge on any atom is 0.0321 e. The van der Waals surface area contributed by atoms with E-state index in [0.29, 0.717) is 11.6 Å². The van der Waals surface area contributed by atoms with Crippen molar-refractivity contribution in [3.05, 3.63) is 0 Å². The van der Waals surface area contributed by atoms with Crippen LogP contribution in [0.2, 0.25) is 0 Å². The topological polar surface area (TPSA) is 12.4 Å². The Morgan fingerprint density at radius 2 is 2.00 bits per heavy atom. The Bertz CT molecular complexity index is 49.5. The highest BCUT2D eigenvalue weighted by Gasteiger charge is 1.73. The maximum atomic E-state index is 4.02. The van der Waals surface area contributed by atoms with Crippen molar-refractivity contribution in [1.29, 1.82) is 0 Å². The van der Waals surface area contributed by atoms with Crippen molar-refractivity contribution >= 4 is 11.6 Å². The van der Waals surface area contributed by atoms with Crippen molar-refractivity contribution < 1.29 is 0 Å². The van der Waals surface area contributed by atoms with Gasteiger partial charge >= 0.3 is 0 Å². The zero-order valence-electron chi connectivity index (χ0n) is 4.60. The van der Waals surface area contributed by atoms with E-state index >= 15 is 0 Å². The lowest BCUT2D eigenvalue weighted by molar-refractivity contribution is 1.11. The molecule has 0 aromatic heterocycles. The Morgan fingerprint density at radius 1 is 1.50 bits per heavy atom. The van der Waals surface area contributed by atoms with Crippen LogP contribution in [0.3, 0.4) is 0 Å². The molecule has 2 heteroatoms. The average Bonchev–Trinajstić information content (AvgIpc) is 1.35. The van der Waals surface area contributed by atoms with Crippen molar-refractivity contribution in [3.8, 4) is 0 Å². The predicted octanol–water partition coefficient (Wildman–Crippen LogP) is 0.488. The zero-order valence-corrected chi connectivity index (χ0v) is 5.76. The molecule has 0 atom stereocenters. The molecule has 0 bridgehead atoms. The first kappa shape index (κ1) is 6.15. The molecule has 0 fully saturated rings. The van der Waals surface area contributed by atoms with Gasteiger partial charge in [0.05, 0.1) is 0 Å². The lowest BCUT2D eigenvalue weighted by Gasteiger charge is -1.90. The SMILES string of the molecule is CN=[SH3]C(C)C. The third kappa shape index (κ3) is 4.15. The fourth-order valence-electron chi connectivity index (χ4n) is 0.298. The number of hydrogen-bond donors (Lipinski definition) is 0. The minimum atomic E-state index is 0.389. The van der Waals surface area contributed by atoms with Gasteiger partial charge in [-0.1, -0.05) is 13.8 Å². The molecule has 0 saturated heterocycles. The summed E-state index contributed by atoms with van der Waals surface area (Å²) in [7, 11) is 1.88. The molecule has 0 aliphatic heterocycles. The van der Waals surface area contributed by atoms with Crippen molar-refractivity contribution in [1.82, 2.24) is 0 Å². The van der Waals surface area contributed by atoms with Gasteiger partial charge in [-0.3, -0.25) is 4.36 Å². The second-order valence-electron chi connectivity index (χ2n) is 1.65. The summed E-state index contributed by atoms with van der Waals surface area (Å²) in [6.45, 7) is 4.39. The molecule has 0 unspecified atom stereocenters. The third-order valence-corrected chi connectivity index (χ3v) is 1.34. The maximum absolute atomic E-state index is 4.02. The summed E-state index contributed by atoms with van der Waals surface area (Å²) in [5.41, 5.74) is 0. The highest BCUT2D eigenvalue weighted by Crippen LogP contribution is 1.78. The van der Waals surface area contributed by atoms with Gasteiger partial charge < -0.3 is 0 Å². The molecule has 0 radical (unpaired) electrons. The molecule has 0 aliphatic rings. The molecule has 0 N–H and O–H groups in total. The van der Waals surface area contributed by atoms with Crippen LogP contribution in [0.15, 0.2) is 4.36 Å². The molecule has 0 aromatic carbocycles. The van der Waals surface area contributed by atoms with E-state index in [4.69, 9.17) is 0 Å². The molecule has 6 heavy (non-hydrogen) atoms. The van der Waals surface area contributed by atoms with Crippen molar-refractivity contribution in [3.63, 3.8) is 0 Å². The van der Waals surface area contributed by atoms with Gasteiger partial charge in [0.2, 0.25) is 0 Å². The predicted molar refractivity (Wildman–Crippen MR) is 35.0 cm³/mol. The summed E-state index contributed by atoms with van der Waals surface area (Å²) in [5, 5.41) is 0.815. The molecule has 0 aromatic rings. The van der Waals surface area contributed by atoms with Crippen molar-refractivity contribution in [2.75, 3.05) is 7.05 Å². The first-order valence-corrected chi connectivity index (χ1v) is 3.38. The standard InChI is InChI=1S/C4H13NS/c1-4(2)6-5-3/h4H,1-3,6H3. The van der Waals surface area contributed by atoms with E-state index in [1.165, 1.54) is 0 Å². The van der Waals surface area contributed by atoms with Gasteiger partial charge in [0.25, 0.3) is 0 Å². The van der Waals surface area contributed by atoms with Gasteiger partial charge in [-0.05, 0) is 5.25 Å². The Labute approximate surface area is 42.9 Å². The van der Waals surface area contributed by atoms with Gasteiger partial charge in [-0.25, -0.2) is 11.6 Å². The van der Waals surface area contributed by atoms with Crippen LogP contribution in [0.5, 0.6) is 0 Å². The molecule has 40 valence electrons. The minimum Gasteiger partial charge on any atom is -0.293 e. The van der Waals surface area contributed by atoms with Crippen LogP contribution in [0.4, 0.5) is 0 Å². The molecule has 0 amide bonds. The summed E-state index contributed by atoms with van der Waals surface area (Å²) >= 11 is 0.389. The Morgan fingerprint density at radius 3 is 2.00 bits per heavy atom. The zero-order chi connectivity index (χ0) is 4.99. The molecular weight excluding hydrogens is 94.1 g/mol. The van der Waals surface area contributed by atoms with E-state index in [2.05, 4.69) is 18.2 Å². The fraction of sp³-hybridized carbons (Fsp3) is 1.00. The highest BCUT2D eigenvalue weighted by atomic mass is 32.1. The fourth-order valence-corrected chi connectivity index (χ4v) is 0.894. The smallest absolute Gasteiger partial charge is 0.0321 e. The van der Waals surface area contributed by atoms with Gasteiger partial charge in [-0.2, -0.15) is 0 Å². The normalized spacial score (nSPS) is 14.0. The lowest BCUT2D eigenvalue weighted by Crippen LogP contribution is -1.86. The second kappa shape index (κ2) is 3.34. The Kier molecular flexibility index (Phi) is 3.43. The summed E-state index contributed by atoms with van der Waals surface area (Å²) in [4.78, 5) is 0. The highest BCUT2D eigenvalue weighted by molar-refractivity contribution is 7.68. The quantitative estimate of drug-likeness (QED) is 0.462. The van der Waals surface area contributed by atoms with Gasteiger partial charge in [0, 0.05) is 7.05 Å². The van der Waals surface area contributed by atoms with Crippen molar-refractivity contribution in [2.24, 2.45) is 4.36 Å². The van der Waals surface area contributed by atoms with E-state index in [1.54, 1.807) is 0 Å². The van der Waals surface area contributed by atoms with E-state index in [-0.39, 0.29) is 0 Å². The van der Waals surface area contributed by atoms with E-state index < -0.39 is 0 Å². The Balaban J connectivity index is 3.03. The molecule has 1 nitrogen and oxygen atoms in total. The largest absolute Gasteiger partial charge is 0.293 e. The second-order valence-corrected chi connectivity index (χ2v) is 3.80. The molecule has 0 heterocycles. The lowest BCUT2D eigenvalue weighted by atomic mass is 10.6. The van der Waals surface area contributed by atoms with Gasteiger partial charge in [0.15, 0.2) is 0 Å². The van der Waals surface area contributed by atoms with Crippen LogP contribution in [0.1, 0.15) is 13.8 Å². The van der Waals surface area contributed by atoms with Crippen LogP contribution in [0.25, 0.3) is 0 Å². The van der Waals surface area contributed by atoms with Crippen LogP contribution >= 0.6 is 0 Å². The van der Waals surface area contributed by atoms with Crippen molar-refractivity contribution in [2.45, 2.75) is 19.1 Å². The molecule has 0 saturated carbocycles. The number of rotatable bonds is 1. The van der Waals surface area contributed by atoms with Crippen LogP contribution in [-0.4, -0.2) is 12.3 Å². The van der Waals surface area contributed by atoms with Gasteiger partial charge in [-0.15, -0.1) is 0 Å². The first-order valence-electron chi connectivity index (χ1n) is 2.19. The molecular formula is C4H13NS. The third-order valence-electron chi connectivity index (χ3n) is 0.447.